The summed E-state index contributed by atoms with van der Waals surface area (Å²) in [5.74, 6) is -0.936. The fraction of sp³-hybridized carbons (Fsp3) is 0.0667. The van der Waals surface area contributed by atoms with Crippen LogP contribution >= 0.6 is 0 Å². The number of carbonyl (C=O) groups is 2. The van der Waals surface area contributed by atoms with Crippen LogP contribution in [0.3, 0.4) is 0 Å². The molecular formula is C15H11N3O4. The van der Waals surface area contributed by atoms with Crippen LogP contribution < -0.4 is 16.1 Å². The van der Waals surface area contributed by atoms with Crippen molar-refractivity contribution in [3.05, 3.63) is 50.9 Å². The van der Waals surface area contributed by atoms with E-state index in [4.69, 9.17) is 0 Å². The summed E-state index contributed by atoms with van der Waals surface area (Å²) in [7, 11) is 0. The highest BCUT2D eigenvalue weighted by atomic mass is 16.3. The number of imidazole rings is 1. The van der Waals surface area contributed by atoms with Gasteiger partial charge in [0.05, 0.1) is 6.42 Å². The lowest BCUT2D eigenvalue weighted by atomic mass is 10.1. The molecule has 1 aliphatic rings. The van der Waals surface area contributed by atoms with Crippen molar-refractivity contribution in [1.29, 1.82) is 0 Å². The van der Waals surface area contributed by atoms with E-state index in [9.17, 15) is 19.5 Å². The summed E-state index contributed by atoms with van der Waals surface area (Å²) in [4.78, 5) is 41.9. The largest absolute Gasteiger partial charge is 0.493 e. The molecule has 0 spiro atoms. The fourth-order valence-electron chi connectivity index (χ4n) is 2.08. The van der Waals surface area contributed by atoms with Crippen molar-refractivity contribution in [2.24, 2.45) is 4.99 Å². The van der Waals surface area contributed by atoms with Crippen LogP contribution in [0.1, 0.15) is 12.1 Å². The lowest BCUT2D eigenvalue weighted by molar-refractivity contribution is -0.121. The molecule has 1 aromatic heterocycles. The Bertz CT molecular complexity index is 955. The Morgan fingerprint density at radius 3 is 2.14 bits per heavy atom. The topological polar surface area (TPSA) is 115 Å². The van der Waals surface area contributed by atoms with Gasteiger partial charge in [-0.2, -0.15) is 0 Å². The minimum Gasteiger partial charge on any atom is -0.493 e. The number of H-pyrrole nitrogens is 2. The van der Waals surface area contributed by atoms with Gasteiger partial charge in [0.2, 0.25) is 5.88 Å². The number of aromatic nitrogens is 2. The van der Waals surface area contributed by atoms with Crippen LogP contribution in [0.5, 0.6) is 5.88 Å². The third kappa shape index (κ3) is 2.78. The minimum absolute atomic E-state index is 0.161. The molecule has 3 N–H and O–H groups in total. The van der Waals surface area contributed by atoms with Crippen LogP contribution in [0.2, 0.25) is 0 Å². The van der Waals surface area contributed by atoms with E-state index in [1.807, 2.05) is 0 Å². The van der Waals surface area contributed by atoms with Crippen molar-refractivity contribution in [1.82, 2.24) is 9.97 Å². The van der Waals surface area contributed by atoms with Gasteiger partial charge >= 0.3 is 5.69 Å². The molecule has 0 fully saturated rings. The molecule has 1 aromatic carbocycles. The van der Waals surface area contributed by atoms with Crippen molar-refractivity contribution in [2.45, 2.75) is 6.42 Å². The van der Waals surface area contributed by atoms with E-state index in [-0.39, 0.29) is 29.5 Å². The molecule has 110 valence electrons. The lowest BCUT2D eigenvalue weighted by Crippen LogP contribution is -2.13. The highest BCUT2D eigenvalue weighted by Crippen LogP contribution is 2.07. The van der Waals surface area contributed by atoms with E-state index in [1.54, 1.807) is 36.4 Å². The fourth-order valence-corrected chi connectivity index (χ4v) is 2.08. The average Bonchev–Trinajstić information content (AvgIpc) is 2.94. The van der Waals surface area contributed by atoms with Crippen molar-refractivity contribution in [3.8, 4) is 5.88 Å². The smallest absolute Gasteiger partial charge is 0.326 e. The molecule has 3 rings (SSSR count). The molecule has 0 radical (unpaired) electrons. The average molecular weight is 297 g/mol. The second-order valence-corrected chi connectivity index (χ2v) is 4.79. The maximum absolute atomic E-state index is 11.5. The molecule has 0 saturated carbocycles. The third-order valence-corrected chi connectivity index (χ3v) is 3.13. The standard InChI is InChI=1S/C15H11N3O4/c19-12-7-13(20)16-10(12)5-8-1-3-9(4-2-8)6-11-14(21)18-15(22)17-11/h1-6,21H,7H2,(H2,17,18,22). The van der Waals surface area contributed by atoms with E-state index in [0.717, 1.165) is 10.4 Å². The normalized spacial score (nSPS) is 14.1. The van der Waals surface area contributed by atoms with Crippen molar-refractivity contribution in [3.63, 3.8) is 0 Å². The molecule has 0 atom stereocenters. The maximum atomic E-state index is 11.5. The number of nitrogens with zero attached hydrogens (tertiary/aromatic N) is 1. The number of amides is 1. The first-order valence-electron chi connectivity index (χ1n) is 6.47. The van der Waals surface area contributed by atoms with Crippen LogP contribution in [-0.4, -0.2) is 32.5 Å². The van der Waals surface area contributed by atoms with Gasteiger partial charge in [0.15, 0.2) is 5.78 Å². The first-order valence-corrected chi connectivity index (χ1v) is 6.47. The van der Waals surface area contributed by atoms with Gasteiger partial charge in [0.1, 0.15) is 11.4 Å². The summed E-state index contributed by atoms with van der Waals surface area (Å²) >= 11 is 0. The number of aromatic amines is 2. The highest BCUT2D eigenvalue weighted by molar-refractivity contribution is 6.57. The van der Waals surface area contributed by atoms with Crippen molar-refractivity contribution < 1.29 is 14.7 Å². The molecular weight excluding hydrogens is 286 g/mol. The Hall–Kier alpha value is -3.22. The number of Topliss-reactive ketones (excluding diaryl/α,β-unsaturated/α-hetero) is 1. The quantitative estimate of drug-likeness (QED) is 0.614. The molecule has 7 heteroatoms. The Labute approximate surface area is 123 Å². The Morgan fingerprint density at radius 2 is 1.64 bits per heavy atom. The predicted octanol–water partition coefficient (Wildman–Crippen LogP) is -1.04. The van der Waals surface area contributed by atoms with Gasteiger partial charge in [0.25, 0.3) is 5.91 Å². The van der Waals surface area contributed by atoms with Gasteiger partial charge in [-0.3, -0.25) is 14.6 Å². The third-order valence-electron chi connectivity index (χ3n) is 3.13. The molecule has 2 heterocycles. The van der Waals surface area contributed by atoms with E-state index < -0.39 is 11.6 Å². The highest BCUT2D eigenvalue weighted by Gasteiger charge is 2.21. The van der Waals surface area contributed by atoms with Gasteiger partial charge in [-0.25, -0.2) is 9.79 Å². The zero-order valence-electron chi connectivity index (χ0n) is 11.3. The lowest BCUT2D eigenvalue weighted by Gasteiger charge is -1.91. The second-order valence-electron chi connectivity index (χ2n) is 4.79. The SMILES string of the molecule is O=C1CC(=O)C(C=c2ccc(=Cc3[nH]c(=O)[nH]c3O)cc2)=N1. The molecule has 1 aliphatic heterocycles. The summed E-state index contributed by atoms with van der Waals surface area (Å²) in [6, 6.07) is 6.98. The van der Waals surface area contributed by atoms with Crippen LogP contribution in [0.4, 0.5) is 0 Å². The van der Waals surface area contributed by atoms with Crippen molar-refractivity contribution in [2.75, 3.05) is 0 Å². The van der Waals surface area contributed by atoms with Gasteiger partial charge in [-0.1, -0.05) is 24.3 Å². The first-order chi connectivity index (χ1) is 10.5. The van der Waals surface area contributed by atoms with Gasteiger partial charge < -0.3 is 10.1 Å². The van der Waals surface area contributed by atoms with Gasteiger partial charge in [-0.15, -0.1) is 0 Å². The van der Waals surface area contributed by atoms with E-state index in [0.29, 0.717) is 0 Å². The Balaban J connectivity index is 1.95. The monoisotopic (exact) mass is 297 g/mol. The number of ketones is 1. The maximum Gasteiger partial charge on any atom is 0.326 e. The molecule has 1 amide bonds. The molecule has 0 unspecified atom stereocenters. The number of aromatic hydroxyl groups is 1. The van der Waals surface area contributed by atoms with E-state index in [2.05, 4.69) is 15.0 Å². The van der Waals surface area contributed by atoms with Gasteiger partial charge in [-0.05, 0) is 22.6 Å². The van der Waals surface area contributed by atoms with E-state index in [1.165, 1.54) is 0 Å². The Kier molecular flexibility index (Phi) is 3.30. The Morgan fingerprint density at radius 1 is 1.00 bits per heavy atom. The van der Waals surface area contributed by atoms with Crippen molar-refractivity contribution >= 4 is 29.6 Å². The van der Waals surface area contributed by atoms with Crippen LogP contribution in [0.15, 0.2) is 34.1 Å². The molecule has 0 bridgehead atoms. The molecule has 2 aromatic rings. The number of benzene rings is 1. The zero-order chi connectivity index (χ0) is 15.7. The van der Waals surface area contributed by atoms with Crippen LogP contribution in [-0.2, 0) is 9.59 Å². The molecule has 0 aliphatic carbocycles. The number of hydrogen-bond donors (Lipinski definition) is 3. The van der Waals surface area contributed by atoms with E-state index >= 15 is 0 Å². The number of carbonyl (C=O) groups excluding carboxylic acids is 2. The molecule has 7 nitrogen and oxygen atoms in total. The number of nitrogens with one attached hydrogen (secondary N) is 2. The molecule has 22 heavy (non-hydrogen) atoms. The summed E-state index contributed by atoms with van der Waals surface area (Å²) in [5, 5.41) is 11.0. The van der Waals surface area contributed by atoms with Crippen LogP contribution in [0, 0.1) is 0 Å². The zero-order valence-corrected chi connectivity index (χ0v) is 11.3. The summed E-state index contributed by atoms with van der Waals surface area (Å²) in [6.07, 6.45) is 2.98. The number of aliphatic imine (C=N–C) groups is 1. The number of rotatable bonds is 2. The molecule has 0 saturated heterocycles. The first kappa shape index (κ1) is 13.7. The van der Waals surface area contributed by atoms with Crippen LogP contribution in [0.25, 0.3) is 12.2 Å². The summed E-state index contributed by atoms with van der Waals surface area (Å²) in [5.41, 5.74) is -0.0480. The second kappa shape index (κ2) is 5.28. The number of hydrogen-bond acceptors (Lipinski definition) is 4. The van der Waals surface area contributed by atoms with Gasteiger partial charge in [0, 0.05) is 0 Å². The summed E-state index contributed by atoms with van der Waals surface area (Å²) in [6.45, 7) is 0. The summed E-state index contributed by atoms with van der Waals surface area (Å²) < 4.78 is 0. The predicted molar refractivity (Wildman–Crippen MR) is 78.9 cm³/mol. The minimum atomic E-state index is -0.490.